The zero-order valence-corrected chi connectivity index (χ0v) is 14.4. The Morgan fingerprint density at radius 3 is 1.92 bits per heavy atom. The number of hydrogen-bond donors (Lipinski definition) is 4. The summed E-state index contributed by atoms with van der Waals surface area (Å²) >= 11 is 0. The van der Waals surface area contributed by atoms with Gasteiger partial charge in [0.05, 0.1) is 0 Å². The smallest absolute Gasteiger partial charge is 0.0370 e. The highest BCUT2D eigenvalue weighted by molar-refractivity contribution is 5.62. The minimum Gasteiger partial charge on any atom is -0.399 e. The van der Waals surface area contributed by atoms with Crippen LogP contribution in [0, 0.1) is 6.92 Å². The Bertz CT molecular complexity index is 899. The molecular formula is C21H24N4. The van der Waals surface area contributed by atoms with Crippen LogP contribution in [-0.2, 0) is 12.8 Å². The van der Waals surface area contributed by atoms with Crippen molar-refractivity contribution >= 4 is 22.7 Å². The molecule has 3 aromatic carbocycles. The quantitative estimate of drug-likeness (QED) is 0.549. The molecular weight excluding hydrogens is 308 g/mol. The van der Waals surface area contributed by atoms with Crippen LogP contribution in [-0.4, -0.2) is 0 Å². The molecule has 0 aromatic heterocycles. The van der Waals surface area contributed by atoms with E-state index in [0.717, 1.165) is 52.3 Å². The lowest BCUT2D eigenvalue weighted by atomic mass is 9.96. The van der Waals surface area contributed by atoms with Crippen LogP contribution >= 0.6 is 0 Å². The van der Waals surface area contributed by atoms with Crippen LogP contribution in [0.4, 0.5) is 22.7 Å². The van der Waals surface area contributed by atoms with Crippen molar-refractivity contribution in [2.45, 2.75) is 19.8 Å². The first kappa shape index (κ1) is 16.7. The van der Waals surface area contributed by atoms with Gasteiger partial charge in [-0.3, -0.25) is 0 Å². The molecule has 0 aliphatic carbocycles. The summed E-state index contributed by atoms with van der Waals surface area (Å²) in [5, 5.41) is 0. The van der Waals surface area contributed by atoms with Crippen molar-refractivity contribution in [3.05, 3.63) is 82.4 Å². The number of benzene rings is 3. The van der Waals surface area contributed by atoms with Crippen molar-refractivity contribution in [1.82, 2.24) is 0 Å². The van der Waals surface area contributed by atoms with Crippen molar-refractivity contribution in [3.8, 4) is 0 Å². The van der Waals surface area contributed by atoms with Gasteiger partial charge in [0.25, 0.3) is 0 Å². The summed E-state index contributed by atoms with van der Waals surface area (Å²) in [4.78, 5) is 0. The molecule has 0 bridgehead atoms. The molecule has 3 rings (SSSR count). The Labute approximate surface area is 148 Å². The number of hydrogen-bond acceptors (Lipinski definition) is 4. The molecule has 25 heavy (non-hydrogen) atoms. The lowest BCUT2D eigenvalue weighted by Crippen LogP contribution is -2.02. The van der Waals surface area contributed by atoms with Crippen LogP contribution in [0.2, 0.25) is 0 Å². The van der Waals surface area contributed by atoms with Crippen molar-refractivity contribution in [1.29, 1.82) is 0 Å². The number of nitrogen functional groups attached to an aromatic ring is 4. The SMILES string of the molecule is Cc1cc(Cc2ccc(N)c(Cc3ccc(N)cc3)c2)c(N)cc1N. The van der Waals surface area contributed by atoms with E-state index in [4.69, 9.17) is 22.9 Å². The van der Waals surface area contributed by atoms with E-state index in [1.165, 1.54) is 11.1 Å². The summed E-state index contributed by atoms with van der Waals surface area (Å²) in [6, 6.07) is 17.9. The second-order valence-corrected chi connectivity index (χ2v) is 6.54. The largest absolute Gasteiger partial charge is 0.399 e. The Hall–Kier alpha value is -3.14. The number of rotatable bonds is 4. The summed E-state index contributed by atoms with van der Waals surface area (Å²) in [7, 11) is 0. The number of anilines is 4. The second-order valence-electron chi connectivity index (χ2n) is 6.54. The molecule has 3 aromatic rings. The maximum Gasteiger partial charge on any atom is 0.0370 e. The van der Waals surface area contributed by atoms with Crippen molar-refractivity contribution in [3.63, 3.8) is 0 Å². The third-order valence-electron chi connectivity index (χ3n) is 4.50. The predicted octanol–water partition coefficient (Wildman–Crippen LogP) is 3.51. The van der Waals surface area contributed by atoms with Gasteiger partial charge in [-0.25, -0.2) is 0 Å². The fraction of sp³-hybridized carbons (Fsp3) is 0.143. The Morgan fingerprint density at radius 2 is 1.20 bits per heavy atom. The maximum absolute atomic E-state index is 6.17. The van der Waals surface area contributed by atoms with E-state index >= 15 is 0 Å². The van der Waals surface area contributed by atoms with E-state index in [1.54, 1.807) is 0 Å². The second kappa shape index (κ2) is 6.77. The molecule has 0 unspecified atom stereocenters. The fourth-order valence-electron chi connectivity index (χ4n) is 2.95. The van der Waals surface area contributed by atoms with Gasteiger partial charge in [-0.05, 0) is 71.8 Å². The molecule has 0 spiro atoms. The molecule has 0 saturated heterocycles. The first-order valence-electron chi connectivity index (χ1n) is 8.28. The van der Waals surface area contributed by atoms with Crippen molar-refractivity contribution in [2.75, 3.05) is 22.9 Å². The monoisotopic (exact) mass is 332 g/mol. The van der Waals surface area contributed by atoms with Crippen LogP contribution in [0.1, 0.15) is 27.8 Å². The molecule has 0 amide bonds. The molecule has 0 aliphatic heterocycles. The van der Waals surface area contributed by atoms with E-state index in [1.807, 2.05) is 49.4 Å². The molecule has 0 atom stereocenters. The summed E-state index contributed by atoms with van der Waals surface area (Å²) < 4.78 is 0. The van der Waals surface area contributed by atoms with E-state index in [2.05, 4.69) is 12.1 Å². The van der Waals surface area contributed by atoms with Gasteiger partial charge in [0.2, 0.25) is 0 Å². The van der Waals surface area contributed by atoms with Gasteiger partial charge in [0.1, 0.15) is 0 Å². The molecule has 128 valence electrons. The summed E-state index contributed by atoms with van der Waals surface area (Å²) in [6.45, 7) is 1.99. The molecule has 0 aliphatic rings. The Balaban J connectivity index is 1.86. The Kier molecular flexibility index (Phi) is 4.52. The standard InChI is InChI=1S/C21H24N4/c1-13-8-16(21(25)12-20(13)24)10-15-4-7-19(23)17(11-15)9-14-2-5-18(22)6-3-14/h2-8,11-12H,9-10,22-25H2,1H3. The molecule has 0 saturated carbocycles. The predicted molar refractivity (Wildman–Crippen MR) is 107 cm³/mol. The minimum absolute atomic E-state index is 0.722. The van der Waals surface area contributed by atoms with E-state index in [9.17, 15) is 0 Å². The molecule has 0 fully saturated rings. The lowest BCUT2D eigenvalue weighted by molar-refractivity contribution is 1.14. The third-order valence-corrected chi connectivity index (χ3v) is 4.50. The highest BCUT2D eigenvalue weighted by atomic mass is 14.6. The van der Waals surface area contributed by atoms with Crippen molar-refractivity contribution < 1.29 is 0 Å². The van der Waals surface area contributed by atoms with E-state index in [-0.39, 0.29) is 0 Å². The zero-order chi connectivity index (χ0) is 18.0. The van der Waals surface area contributed by atoms with Gasteiger partial charge in [-0.1, -0.05) is 30.3 Å². The van der Waals surface area contributed by atoms with Crippen molar-refractivity contribution in [2.24, 2.45) is 0 Å². The van der Waals surface area contributed by atoms with Gasteiger partial charge >= 0.3 is 0 Å². The first-order valence-corrected chi connectivity index (χ1v) is 8.28. The Morgan fingerprint density at radius 1 is 0.600 bits per heavy atom. The van der Waals surface area contributed by atoms with Gasteiger partial charge in [-0.2, -0.15) is 0 Å². The number of aryl methyl sites for hydroxylation is 1. The van der Waals surface area contributed by atoms with E-state index in [0.29, 0.717) is 0 Å². The van der Waals surface area contributed by atoms with Crippen LogP contribution in [0.15, 0.2) is 54.6 Å². The highest BCUT2D eigenvalue weighted by Crippen LogP contribution is 2.25. The van der Waals surface area contributed by atoms with E-state index < -0.39 is 0 Å². The molecule has 8 N–H and O–H groups in total. The minimum atomic E-state index is 0.722. The molecule has 4 nitrogen and oxygen atoms in total. The molecule has 0 radical (unpaired) electrons. The first-order chi connectivity index (χ1) is 11.9. The zero-order valence-electron chi connectivity index (χ0n) is 14.4. The maximum atomic E-state index is 6.17. The van der Waals surface area contributed by atoms with Crippen LogP contribution in [0.25, 0.3) is 0 Å². The van der Waals surface area contributed by atoms with Crippen LogP contribution in [0.5, 0.6) is 0 Å². The third kappa shape index (κ3) is 3.86. The summed E-state index contributed by atoms with van der Waals surface area (Å²) in [5.41, 5.74) is 32.6. The van der Waals surface area contributed by atoms with Crippen LogP contribution in [0.3, 0.4) is 0 Å². The average molecular weight is 332 g/mol. The topological polar surface area (TPSA) is 104 Å². The lowest BCUT2D eigenvalue weighted by Gasteiger charge is -2.12. The van der Waals surface area contributed by atoms with Gasteiger partial charge in [0, 0.05) is 22.7 Å². The van der Waals surface area contributed by atoms with Gasteiger partial charge in [-0.15, -0.1) is 0 Å². The summed E-state index contributed by atoms with van der Waals surface area (Å²) in [5.74, 6) is 0. The number of nitrogens with two attached hydrogens (primary N) is 4. The van der Waals surface area contributed by atoms with Crippen LogP contribution < -0.4 is 22.9 Å². The van der Waals surface area contributed by atoms with Gasteiger partial charge < -0.3 is 22.9 Å². The normalized spacial score (nSPS) is 10.8. The molecule has 0 heterocycles. The summed E-state index contributed by atoms with van der Waals surface area (Å²) in [6.07, 6.45) is 1.53. The average Bonchev–Trinajstić information content (AvgIpc) is 2.57. The fourth-order valence-corrected chi connectivity index (χ4v) is 2.95. The molecule has 4 heteroatoms. The highest BCUT2D eigenvalue weighted by Gasteiger charge is 2.07. The van der Waals surface area contributed by atoms with Gasteiger partial charge in [0.15, 0.2) is 0 Å².